The second kappa shape index (κ2) is 6.27. The molecular formula is C18H25N3OS. The Balaban J connectivity index is 1.47. The topological polar surface area (TPSA) is 37.3 Å². The van der Waals surface area contributed by atoms with Crippen molar-refractivity contribution in [2.24, 2.45) is 5.92 Å². The van der Waals surface area contributed by atoms with E-state index in [9.17, 15) is 4.79 Å². The maximum Gasteiger partial charge on any atom is 0.250 e. The van der Waals surface area contributed by atoms with E-state index in [0.717, 1.165) is 24.7 Å². The van der Waals surface area contributed by atoms with Crippen LogP contribution in [0.4, 0.5) is 0 Å². The Morgan fingerprint density at radius 1 is 1.13 bits per heavy atom. The van der Waals surface area contributed by atoms with Gasteiger partial charge in [0.1, 0.15) is 0 Å². The normalized spacial score (nSPS) is 27.4. The SMILES string of the molecule is O=c1cccc2n1C[C@@H]1C[C@@H]2CN(C(=S)NC2CCCCC2)C1. The molecule has 0 spiro atoms. The van der Waals surface area contributed by atoms with Gasteiger partial charge in [-0.3, -0.25) is 4.79 Å². The van der Waals surface area contributed by atoms with Crippen LogP contribution < -0.4 is 10.9 Å². The number of hydrogen-bond donors (Lipinski definition) is 1. The van der Waals surface area contributed by atoms with E-state index in [4.69, 9.17) is 12.2 Å². The fourth-order valence-electron chi connectivity index (χ4n) is 4.58. The highest BCUT2D eigenvalue weighted by Crippen LogP contribution is 2.35. The first-order chi connectivity index (χ1) is 11.2. The summed E-state index contributed by atoms with van der Waals surface area (Å²) in [5.74, 6) is 0.968. The predicted octanol–water partition coefficient (Wildman–Crippen LogP) is 2.47. The van der Waals surface area contributed by atoms with Crippen molar-refractivity contribution in [2.75, 3.05) is 13.1 Å². The zero-order valence-electron chi connectivity index (χ0n) is 13.5. The lowest BCUT2D eigenvalue weighted by atomic mass is 9.83. The number of hydrogen-bond acceptors (Lipinski definition) is 2. The maximum atomic E-state index is 12.1. The van der Waals surface area contributed by atoms with Crippen LogP contribution in [0.5, 0.6) is 0 Å². The average molecular weight is 331 g/mol. The molecule has 1 N–H and O–H groups in total. The Labute approximate surface area is 142 Å². The molecule has 0 aromatic carbocycles. The second-order valence-corrected chi connectivity index (χ2v) is 7.77. The average Bonchev–Trinajstić information content (AvgIpc) is 2.57. The standard InChI is InChI=1S/C18H25N3OS/c22-17-8-4-7-16-14-9-13(11-21(16)17)10-20(12-14)18(23)19-15-5-2-1-3-6-15/h4,7-8,13-15H,1-3,5-6,9-12H2,(H,19,23)/t13-,14-/m1/s1. The molecule has 4 rings (SSSR count). The molecule has 0 unspecified atom stereocenters. The summed E-state index contributed by atoms with van der Waals surface area (Å²) in [4.78, 5) is 14.4. The van der Waals surface area contributed by atoms with E-state index in [1.165, 1.54) is 44.2 Å². The minimum Gasteiger partial charge on any atom is -0.360 e. The van der Waals surface area contributed by atoms with Gasteiger partial charge in [-0.05, 0) is 43.5 Å². The van der Waals surface area contributed by atoms with E-state index >= 15 is 0 Å². The number of aromatic nitrogens is 1. The molecule has 2 bridgehead atoms. The van der Waals surface area contributed by atoms with Gasteiger partial charge in [0.05, 0.1) is 0 Å². The van der Waals surface area contributed by atoms with E-state index in [0.29, 0.717) is 17.9 Å². The van der Waals surface area contributed by atoms with Gasteiger partial charge in [0.25, 0.3) is 5.56 Å². The van der Waals surface area contributed by atoms with Crippen molar-refractivity contribution in [2.45, 2.75) is 57.0 Å². The molecule has 0 radical (unpaired) electrons. The summed E-state index contributed by atoms with van der Waals surface area (Å²) in [7, 11) is 0. The van der Waals surface area contributed by atoms with Gasteiger partial charge in [0.15, 0.2) is 5.11 Å². The summed E-state index contributed by atoms with van der Waals surface area (Å²) in [6, 6.07) is 6.25. The van der Waals surface area contributed by atoms with E-state index in [1.54, 1.807) is 6.07 Å². The highest BCUT2D eigenvalue weighted by atomic mass is 32.1. The third kappa shape index (κ3) is 3.03. The molecule has 2 aliphatic heterocycles. The number of nitrogens with one attached hydrogen (secondary N) is 1. The lowest BCUT2D eigenvalue weighted by Gasteiger charge is -2.44. The highest BCUT2D eigenvalue weighted by molar-refractivity contribution is 7.80. The number of nitrogens with zero attached hydrogens (tertiary/aromatic N) is 2. The zero-order chi connectivity index (χ0) is 15.8. The largest absolute Gasteiger partial charge is 0.360 e. The maximum absolute atomic E-state index is 12.1. The number of piperidine rings is 1. The Morgan fingerprint density at radius 2 is 1.96 bits per heavy atom. The minimum absolute atomic E-state index is 0.147. The summed E-state index contributed by atoms with van der Waals surface area (Å²) in [5.41, 5.74) is 1.34. The molecule has 1 saturated heterocycles. The molecule has 1 aromatic heterocycles. The van der Waals surface area contributed by atoms with Crippen molar-refractivity contribution in [3.8, 4) is 0 Å². The van der Waals surface area contributed by atoms with E-state index in [1.807, 2.05) is 10.6 Å². The molecule has 1 aromatic rings. The van der Waals surface area contributed by atoms with Crippen molar-refractivity contribution in [1.82, 2.24) is 14.8 Å². The monoisotopic (exact) mass is 331 g/mol. The Hall–Kier alpha value is -1.36. The third-order valence-electron chi connectivity index (χ3n) is 5.70. The molecular weight excluding hydrogens is 306 g/mol. The van der Waals surface area contributed by atoms with Crippen LogP contribution in [0.15, 0.2) is 23.0 Å². The van der Waals surface area contributed by atoms with Crippen LogP contribution in [-0.4, -0.2) is 33.7 Å². The molecule has 2 atom stereocenters. The minimum atomic E-state index is 0.147. The van der Waals surface area contributed by atoms with Crippen LogP contribution in [0, 0.1) is 5.92 Å². The van der Waals surface area contributed by atoms with Crippen LogP contribution in [0.3, 0.4) is 0 Å². The fraction of sp³-hybridized carbons (Fsp3) is 0.667. The van der Waals surface area contributed by atoms with Gasteiger partial charge in [0.2, 0.25) is 0 Å². The molecule has 124 valence electrons. The predicted molar refractivity (Wildman–Crippen MR) is 95.7 cm³/mol. The van der Waals surface area contributed by atoms with Crippen LogP contribution in [0.25, 0.3) is 0 Å². The lowest BCUT2D eigenvalue weighted by molar-refractivity contribution is 0.175. The Morgan fingerprint density at radius 3 is 2.78 bits per heavy atom. The molecule has 23 heavy (non-hydrogen) atoms. The molecule has 1 aliphatic carbocycles. The number of thiocarbonyl (C=S) groups is 1. The molecule has 3 heterocycles. The second-order valence-electron chi connectivity index (χ2n) is 7.39. The third-order valence-corrected chi connectivity index (χ3v) is 6.08. The summed E-state index contributed by atoms with van der Waals surface area (Å²) in [6.07, 6.45) is 7.69. The molecule has 3 aliphatic rings. The summed E-state index contributed by atoms with van der Waals surface area (Å²) >= 11 is 5.70. The van der Waals surface area contributed by atoms with E-state index in [-0.39, 0.29) is 5.56 Å². The fourth-order valence-corrected chi connectivity index (χ4v) is 4.89. The van der Waals surface area contributed by atoms with Crippen molar-refractivity contribution in [1.29, 1.82) is 0 Å². The molecule has 0 amide bonds. The summed E-state index contributed by atoms with van der Waals surface area (Å²) < 4.78 is 1.98. The van der Waals surface area contributed by atoms with Crippen LogP contribution in [-0.2, 0) is 6.54 Å². The first-order valence-corrected chi connectivity index (χ1v) is 9.37. The molecule has 5 heteroatoms. The van der Waals surface area contributed by atoms with E-state index in [2.05, 4.69) is 16.3 Å². The van der Waals surface area contributed by atoms with Crippen LogP contribution >= 0.6 is 12.2 Å². The van der Waals surface area contributed by atoms with Gasteiger partial charge >= 0.3 is 0 Å². The Bertz CT molecular complexity index is 650. The van der Waals surface area contributed by atoms with Crippen LogP contribution in [0.1, 0.15) is 50.1 Å². The van der Waals surface area contributed by atoms with E-state index < -0.39 is 0 Å². The molecule has 1 saturated carbocycles. The van der Waals surface area contributed by atoms with Gasteiger partial charge in [-0.2, -0.15) is 0 Å². The van der Waals surface area contributed by atoms with Crippen molar-refractivity contribution in [3.05, 3.63) is 34.2 Å². The zero-order valence-corrected chi connectivity index (χ0v) is 14.4. The van der Waals surface area contributed by atoms with Gasteiger partial charge in [-0.1, -0.05) is 25.3 Å². The summed E-state index contributed by atoms with van der Waals surface area (Å²) in [5, 5.41) is 4.53. The number of likely N-dealkylation sites (tertiary alicyclic amines) is 1. The van der Waals surface area contributed by atoms with Crippen LogP contribution in [0.2, 0.25) is 0 Å². The quantitative estimate of drug-likeness (QED) is 0.802. The summed E-state index contributed by atoms with van der Waals surface area (Å²) in [6.45, 7) is 2.77. The van der Waals surface area contributed by atoms with Gasteiger partial charge in [-0.15, -0.1) is 0 Å². The van der Waals surface area contributed by atoms with Crippen molar-refractivity contribution >= 4 is 17.3 Å². The smallest absolute Gasteiger partial charge is 0.250 e. The number of fused-ring (bicyclic) bond motifs is 4. The molecule has 2 fully saturated rings. The lowest BCUT2D eigenvalue weighted by Crippen LogP contribution is -2.53. The first kappa shape index (κ1) is 15.2. The molecule has 4 nitrogen and oxygen atoms in total. The van der Waals surface area contributed by atoms with Gasteiger partial charge in [-0.25, -0.2) is 0 Å². The number of rotatable bonds is 1. The van der Waals surface area contributed by atoms with Crippen molar-refractivity contribution in [3.63, 3.8) is 0 Å². The van der Waals surface area contributed by atoms with Gasteiger partial charge in [0, 0.05) is 43.4 Å². The number of pyridine rings is 1. The van der Waals surface area contributed by atoms with Crippen molar-refractivity contribution < 1.29 is 0 Å². The Kier molecular flexibility index (Phi) is 4.14. The van der Waals surface area contributed by atoms with Gasteiger partial charge < -0.3 is 14.8 Å². The highest BCUT2D eigenvalue weighted by Gasteiger charge is 2.35. The first-order valence-electron chi connectivity index (χ1n) is 8.96.